The number of methoxy groups -OCH3 is 1. The van der Waals surface area contributed by atoms with Gasteiger partial charge in [-0.25, -0.2) is 0 Å². The highest BCUT2D eigenvalue weighted by Crippen LogP contribution is 2.11. The van der Waals surface area contributed by atoms with Crippen LogP contribution in [0.15, 0.2) is 0 Å². The first kappa shape index (κ1) is 11.9. The van der Waals surface area contributed by atoms with E-state index in [0.29, 0.717) is 19.1 Å². The van der Waals surface area contributed by atoms with E-state index < -0.39 is 5.60 Å². The van der Waals surface area contributed by atoms with Gasteiger partial charge in [-0.15, -0.1) is 0 Å². The van der Waals surface area contributed by atoms with Gasteiger partial charge in [0.25, 0.3) is 0 Å². The first-order chi connectivity index (χ1) is 6.55. The lowest BCUT2D eigenvalue weighted by molar-refractivity contribution is 0.0185. The summed E-state index contributed by atoms with van der Waals surface area (Å²) in [7, 11) is 1.71. The molecule has 0 amide bonds. The fraction of sp³-hybridized carbons (Fsp3) is 1.00. The molecule has 1 aliphatic rings. The summed E-state index contributed by atoms with van der Waals surface area (Å²) < 4.78 is 5.06. The fourth-order valence-electron chi connectivity index (χ4n) is 1.84. The van der Waals surface area contributed by atoms with Crippen molar-refractivity contribution < 1.29 is 9.84 Å². The van der Waals surface area contributed by atoms with Gasteiger partial charge in [0.1, 0.15) is 0 Å². The molecule has 84 valence electrons. The number of hydrogen-bond acceptors (Lipinski definition) is 4. The van der Waals surface area contributed by atoms with Gasteiger partial charge in [0.2, 0.25) is 0 Å². The molecule has 4 heteroatoms. The maximum Gasteiger partial charge on any atom is 0.0869 e. The van der Waals surface area contributed by atoms with Crippen LogP contribution in [0.1, 0.15) is 13.8 Å². The number of nitrogens with one attached hydrogen (secondary N) is 1. The Kier molecular flexibility index (Phi) is 4.31. The summed E-state index contributed by atoms with van der Waals surface area (Å²) in [4.78, 5) is 2.27. The van der Waals surface area contributed by atoms with E-state index in [4.69, 9.17) is 4.74 Å². The van der Waals surface area contributed by atoms with Gasteiger partial charge >= 0.3 is 0 Å². The highest BCUT2D eigenvalue weighted by Gasteiger charge is 2.29. The molecule has 14 heavy (non-hydrogen) atoms. The zero-order valence-corrected chi connectivity index (χ0v) is 9.42. The molecule has 1 heterocycles. The maximum absolute atomic E-state index is 10.00. The van der Waals surface area contributed by atoms with Gasteiger partial charge in [-0.05, 0) is 13.8 Å². The number of β-amino-alcohol motifs (C(OH)–C–C–N with tert-alkyl or cyclic N) is 1. The molecule has 4 nitrogen and oxygen atoms in total. The average molecular weight is 202 g/mol. The Hall–Kier alpha value is -0.160. The van der Waals surface area contributed by atoms with Crippen LogP contribution in [0.4, 0.5) is 0 Å². The first-order valence-corrected chi connectivity index (χ1v) is 5.21. The minimum absolute atomic E-state index is 0.458. The molecule has 0 aromatic rings. The van der Waals surface area contributed by atoms with Gasteiger partial charge in [0.05, 0.1) is 12.2 Å². The van der Waals surface area contributed by atoms with Crippen molar-refractivity contribution in [2.24, 2.45) is 0 Å². The molecule has 0 bridgehead atoms. The molecule has 1 saturated heterocycles. The number of hydrogen-bond donors (Lipinski definition) is 2. The van der Waals surface area contributed by atoms with Crippen LogP contribution >= 0.6 is 0 Å². The molecule has 1 rings (SSSR count). The van der Waals surface area contributed by atoms with Gasteiger partial charge in [-0.2, -0.15) is 0 Å². The smallest absolute Gasteiger partial charge is 0.0869 e. The molecule has 2 unspecified atom stereocenters. The Morgan fingerprint density at radius 3 is 3.00 bits per heavy atom. The zero-order valence-electron chi connectivity index (χ0n) is 9.42. The third-order valence-electron chi connectivity index (χ3n) is 2.70. The van der Waals surface area contributed by atoms with Crippen molar-refractivity contribution in [3.8, 4) is 0 Å². The van der Waals surface area contributed by atoms with E-state index in [1.54, 1.807) is 7.11 Å². The number of nitrogens with zero attached hydrogens (tertiary/aromatic N) is 1. The summed E-state index contributed by atoms with van der Waals surface area (Å²) in [5.74, 6) is 0. The van der Waals surface area contributed by atoms with Crippen molar-refractivity contribution in [1.82, 2.24) is 10.2 Å². The lowest BCUT2D eigenvalue weighted by atomic mass is 10.1. The monoisotopic (exact) mass is 202 g/mol. The molecule has 0 aromatic carbocycles. The predicted molar refractivity (Wildman–Crippen MR) is 56.4 cm³/mol. The summed E-state index contributed by atoms with van der Waals surface area (Å²) in [5, 5.41) is 13.3. The van der Waals surface area contributed by atoms with Crippen LogP contribution in [0.25, 0.3) is 0 Å². The fourth-order valence-corrected chi connectivity index (χ4v) is 1.84. The molecular formula is C10H22N2O2. The van der Waals surface area contributed by atoms with Gasteiger partial charge in [-0.1, -0.05) is 0 Å². The van der Waals surface area contributed by atoms with Crippen LogP contribution in [0.3, 0.4) is 0 Å². The van der Waals surface area contributed by atoms with Crippen LogP contribution in [0.2, 0.25) is 0 Å². The summed E-state index contributed by atoms with van der Waals surface area (Å²) in [5.41, 5.74) is -0.626. The second kappa shape index (κ2) is 5.07. The summed E-state index contributed by atoms with van der Waals surface area (Å²) in [6, 6.07) is 0.458. The van der Waals surface area contributed by atoms with E-state index in [9.17, 15) is 5.11 Å². The van der Waals surface area contributed by atoms with E-state index in [1.807, 2.05) is 6.92 Å². The molecular weight excluding hydrogens is 180 g/mol. The van der Waals surface area contributed by atoms with Crippen LogP contribution < -0.4 is 5.32 Å². The topological polar surface area (TPSA) is 44.7 Å². The van der Waals surface area contributed by atoms with Crippen LogP contribution in [-0.4, -0.2) is 61.5 Å². The quantitative estimate of drug-likeness (QED) is 0.658. The number of rotatable bonds is 3. The largest absolute Gasteiger partial charge is 0.388 e. The third kappa shape index (κ3) is 3.53. The molecule has 1 fully saturated rings. The molecule has 0 saturated carbocycles. The zero-order chi connectivity index (χ0) is 10.6. The third-order valence-corrected chi connectivity index (χ3v) is 2.70. The van der Waals surface area contributed by atoms with Crippen molar-refractivity contribution in [2.45, 2.75) is 25.5 Å². The lowest BCUT2D eigenvalue weighted by Gasteiger charge is -2.31. The highest BCUT2D eigenvalue weighted by molar-refractivity contribution is 4.86. The van der Waals surface area contributed by atoms with Crippen LogP contribution in [0, 0.1) is 0 Å². The van der Waals surface area contributed by atoms with Crippen molar-refractivity contribution in [3.05, 3.63) is 0 Å². The minimum atomic E-state index is -0.626. The Morgan fingerprint density at radius 2 is 2.36 bits per heavy atom. The molecule has 0 aromatic heterocycles. The van der Waals surface area contributed by atoms with E-state index in [2.05, 4.69) is 17.1 Å². The standard InChI is InChI=1S/C10H22N2O2/c1-9-6-11-7-10(2,13)8-12(9)4-5-14-3/h9,11,13H,4-8H2,1-3H3. The summed E-state index contributed by atoms with van der Waals surface area (Å²) >= 11 is 0. The van der Waals surface area contributed by atoms with Gasteiger partial charge in [-0.3, -0.25) is 4.90 Å². The summed E-state index contributed by atoms with van der Waals surface area (Å²) in [6.45, 7) is 7.96. The van der Waals surface area contributed by atoms with E-state index in [-0.39, 0.29) is 0 Å². The molecule has 2 N–H and O–H groups in total. The second-order valence-corrected chi connectivity index (χ2v) is 4.44. The summed E-state index contributed by atoms with van der Waals surface area (Å²) in [6.07, 6.45) is 0. The number of aliphatic hydroxyl groups is 1. The normalized spacial score (nSPS) is 35.6. The Balaban J connectivity index is 2.50. The van der Waals surface area contributed by atoms with E-state index >= 15 is 0 Å². The van der Waals surface area contributed by atoms with Crippen molar-refractivity contribution in [3.63, 3.8) is 0 Å². The van der Waals surface area contributed by atoms with E-state index in [1.165, 1.54) is 0 Å². The van der Waals surface area contributed by atoms with Gasteiger partial charge < -0.3 is 15.2 Å². The molecule has 2 atom stereocenters. The average Bonchev–Trinajstić information content (AvgIpc) is 2.22. The predicted octanol–water partition coefficient (Wildman–Crippen LogP) is -0.322. The van der Waals surface area contributed by atoms with Gasteiger partial charge in [0, 0.05) is 39.3 Å². The van der Waals surface area contributed by atoms with Crippen molar-refractivity contribution >= 4 is 0 Å². The van der Waals surface area contributed by atoms with Crippen molar-refractivity contribution in [1.29, 1.82) is 0 Å². The lowest BCUT2D eigenvalue weighted by Crippen LogP contribution is -2.45. The van der Waals surface area contributed by atoms with Crippen LogP contribution in [0.5, 0.6) is 0 Å². The Labute approximate surface area is 86.2 Å². The second-order valence-electron chi connectivity index (χ2n) is 4.44. The first-order valence-electron chi connectivity index (χ1n) is 5.21. The SMILES string of the molecule is COCCN1CC(C)(O)CNCC1C. The van der Waals surface area contributed by atoms with Gasteiger partial charge in [0.15, 0.2) is 0 Å². The molecule has 1 aliphatic heterocycles. The van der Waals surface area contributed by atoms with Crippen LogP contribution in [-0.2, 0) is 4.74 Å². The molecule has 0 aliphatic carbocycles. The Morgan fingerprint density at radius 1 is 1.64 bits per heavy atom. The Bertz CT molecular complexity index is 174. The molecule has 0 radical (unpaired) electrons. The highest BCUT2D eigenvalue weighted by atomic mass is 16.5. The molecule has 0 spiro atoms. The van der Waals surface area contributed by atoms with Crippen molar-refractivity contribution in [2.75, 3.05) is 39.9 Å². The van der Waals surface area contributed by atoms with E-state index in [0.717, 1.165) is 19.7 Å². The number of ether oxygens (including phenoxy) is 1. The minimum Gasteiger partial charge on any atom is -0.388 e. The maximum atomic E-state index is 10.00.